The Labute approximate surface area is 121 Å². The van der Waals surface area contributed by atoms with Gasteiger partial charge in [-0.15, -0.1) is 0 Å². The first kappa shape index (κ1) is 13.2. The van der Waals surface area contributed by atoms with Crippen molar-refractivity contribution in [1.82, 2.24) is 9.97 Å². The minimum Gasteiger partial charge on any atom is -0.507 e. The van der Waals surface area contributed by atoms with Gasteiger partial charge >= 0.3 is 0 Å². The van der Waals surface area contributed by atoms with Crippen LogP contribution in [-0.2, 0) is 0 Å². The van der Waals surface area contributed by atoms with Crippen LogP contribution >= 0.6 is 0 Å². The van der Waals surface area contributed by atoms with Crippen LogP contribution in [0.2, 0.25) is 0 Å². The predicted octanol–water partition coefficient (Wildman–Crippen LogP) is 2.36. The van der Waals surface area contributed by atoms with Gasteiger partial charge in [0.2, 0.25) is 0 Å². The Kier molecular flexibility index (Phi) is 3.10. The summed E-state index contributed by atoms with van der Waals surface area (Å²) in [6, 6.07) is 12.3. The fourth-order valence-electron chi connectivity index (χ4n) is 2.21. The fourth-order valence-corrected chi connectivity index (χ4v) is 2.21. The predicted molar refractivity (Wildman–Crippen MR) is 83.8 cm³/mol. The molecule has 0 radical (unpaired) electrons. The van der Waals surface area contributed by atoms with E-state index in [0.717, 1.165) is 5.69 Å². The highest BCUT2D eigenvalue weighted by Crippen LogP contribution is 2.30. The number of phenols is 1. The summed E-state index contributed by atoms with van der Waals surface area (Å²) in [6.45, 7) is 0. The number of hydrogen-bond acceptors (Lipinski definition) is 4. The van der Waals surface area contributed by atoms with Gasteiger partial charge in [-0.1, -0.05) is 12.1 Å². The van der Waals surface area contributed by atoms with Crippen LogP contribution in [0.3, 0.4) is 0 Å². The van der Waals surface area contributed by atoms with Gasteiger partial charge in [-0.25, -0.2) is 4.98 Å². The zero-order valence-electron chi connectivity index (χ0n) is 11.8. The van der Waals surface area contributed by atoms with Gasteiger partial charge in [-0.3, -0.25) is 4.79 Å². The molecule has 0 bridgehead atoms. The maximum atomic E-state index is 12.1. The normalized spacial score (nSPS) is 10.8. The molecule has 0 fully saturated rings. The third kappa shape index (κ3) is 2.33. The van der Waals surface area contributed by atoms with Crippen molar-refractivity contribution in [2.24, 2.45) is 0 Å². The highest BCUT2D eigenvalue weighted by molar-refractivity contribution is 5.80. The maximum Gasteiger partial charge on any atom is 0.259 e. The summed E-state index contributed by atoms with van der Waals surface area (Å²) in [4.78, 5) is 21.2. The second kappa shape index (κ2) is 4.94. The molecule has 3 rings (SSSR count). The van der Waals surface area contributed by atoms with Gasteiger partial charge in [0.05, 0.1) is 16.5 Å². The summed E-state index contributed by atoms with van der Waals surface area (Å²) in [7, 11) is 3.82. The molecule has 0 saturated heterocycles. The largest absolute Gasteiger partial charge is 0.507 e. The van der Waals surface area contributed by atoms with Crippen LogP contribution in [0.25, 0.3) is 22.3 Å². The van der Waals surface area contributed by atoms with Gasteiger partial charge in [0.1, 0.15) is 11.6 Å². The van der Waals surface area contributed by atoms with Crippen molar-refractivity contribution < 1.29 is 5.11 Å². The van der Waals surface area contributed by atoms with E-state index < -0.39 is 0 Å². The van der Waals surface area contributed by atoms with Gasteiger partial charge in [-0.05, 0) is 30.3 Å². The average molecular weight is 281 g/mol. The number of fused-ring (bicyclic) bond motifs is 1. The highest BCUT2D eigenvalue weighted by Gasteiger charge is 2.11. The van der Waals surface area contributed by atoms with Gasteiger partial charge in [0, 0.05) is 19.8 Å². The molecule has 0 aliphatic heterocycles. The number of hydrogen-bond donors (Lipinski definition) is 2. The highest BCUT2D eigenvalue weighted by atomic mass is 16.3. The number of benzene rings is 2. The van der Waals surface area contributed by atoms with Gasteiger partial charge < -0.3 is 15.0 Å². The van der Waals surface area contributed by atoms with E-state index in [1.54, 1.807) is 36.4 Å². The second-order valence-electron chi connectivity index (χ2n) is 5.03. The third-order valence-corrected chi connectivity index (χ3v) is 3.36. The number of aromatic amines is 1. The molecular formula is C16H15N3O2. The third-order valence-electron chi connectivity index (χ3n) is 3.36. The lowest BCUT2D eigenvalue weighted by molar-refractivity contribution is 0.477. The molecule has 5 nitrogen and oxygen atoms in total. The lowest BCUT2D eigenvalue weighted by Gasteiger charge is -2.14. The Morgan fingerprint density at radius 1 is 1.14 bits per heavy atom. The number of anilines is 1. The number of phenolic OH excluding ortho intramolecular Hbond substituents is 1. The van der Waals surface area contributed by atoms with E-state index in [9.17, 15) is 9.90 Å². The number of H-pyrrole nitrogens is 1. The van der Waals surface area contributed by atoms with Crippen molar-refractivity contribution in [2.45, 2.75) is 0 Å². The second-order valence-corrected chi connectivity index (χ2v) is 5.03. The quantitative estimate of drug-likeness (QED) is 0.756. The Balaban J connectivity index is 2.25. The SMILES string of the molecule is CN(C)c1ccc(O)c(-c2nc3ccccc3c(=O)[nH]2)c1. The molecule has 1 aromatic heterocycles. The van der Waals surface area contributed by atoms with E-state index >= 15 is 0 Å². The van der Waals surface area contributed by atoms with Crippen molar-refractivity contribution in [2.75, 3.05) is 19.0 Å². The zero-order chi connectivity index (χ0) is 15.0. The smallest absolute Gasteiger partial charge is 0.259 e. The van der Waals surface area contributed by atoms with Crippen LogP contribution in [0.5, 0.6) is 5.75 Å². The van der Waals surface area contributed by atoms with Crippen LogP contribution < -0.4 is 10.5 Å². The molecule has 0 saturated carbocycles. The molecule has 106 valence electrons. The van der Waals surface area contributed by atoms with Crippen LogP contribution in [0.1, 0.15) is 0 Å². The van der Waals surface area contributed by atoms with Crippen molar-refractivity contribution in [1.29, 1.82) is 0 Å². The number of nitrogens with zero attached hydrogens (tertiary/aromatic N) is 2. The molecule has 0 atom stereocenters. The topological polar surface area (TPSA) is 69.2 Å². The molecule has 0 spiro atoms. The average Bonchev–Trinajstić information content (AvgIpc) is 2.47. The van der Waals surface area contributed by atoms with Crippen molar-refractivity contribution >= 4 is 16.6 Å². The zero-order valence-corrected chi connectivity index (χ0v) is 11.8. The summed E-state index contributed by atoms with van der Waals surface area (Å²) in [6.07, 6.45) is 0. The number of nitrogens with one attached hydrogen (secondary N) is 1. The van der Waals surface area contributed by atoms with Crippen molar-refractivity contribution in [3.05, 3.63) is 52.8 Å². The first-order valence-corrected chi connectivity index (χ1v) is 6.56. The first-order chi connectivity index (χ1) is 10.1. The Morgan fingerprint density at radius 3 is 2.67 bits per heavy atom. The van der Waals surface area contributed by atoms with Crippen molar-refractivity contribution in [3.8, 4) is 17.1 Å². The lowest BCUT2D eigenvalue weighted by atomic mass is 10.1. The minimum atomic E-state index is -0.217. The molecule has 5 heteroatoms. The molecule has 3 aromatic rings. The summed E-state index contributed by atoms with van der Waals surface area (Å²) < 4.78 is 0. The molecule has 1 heterocycles. The fraction of sp³-hybridized carbons (Fsp3) is 0.125. The van der Waals surface area contributed by atoms with Crippen LogP contribution in [0.15, 0.2) is 47.3 Å². The monoisotopic (exact) mass is 281 g/mol. The van der Waals surface area contributed by atoms with E-state index in [0.29, 0.717) is 22.3 Å². The maximum absolute atomic E-state index is 12.1. The van der Waals surface area contributed by atoms with Crippen LogP contribution in [-0.4, -0.2) is 29.2 Å². The number of aromatic nitrogens is 2. The van der Waals surface area contributed by atoms with Gasteiger partial charge in [0.15, 0.2) is 0 Å². The summed E-state index contributed by atoms with van der Waals surface area (Å²) >= 11 is 0. The summed E-state index contributed by atoms with van der Waals surface area (Å²) in [5, 5.41) is 10.6. The van der Waals surface area contributed by atoms with E-state index in [2.05, 4.69) is 9.97 Å². The Hall–Kier alpha value is -2.82. The van der Waals surface area contributed by atoms with Crippen LogP contribution in [0, 0.1) is 0 Å². The summed E-state index contributed by atoms with van der Waals surface area (Å²) in [5.41, 5.74) is 1.80. The lowest BCUT2D eigenvalue weighted by Crippen LogP contribution is -2.11. The Bertz CT molecular complexity index is 869. The van der Waals surface area contributed by atoms with Crippen LogP contribution in [0.4, 0.5) is 5.69 Å². The molecule has 2 aromatic carbocycles. The minimum absolute atomic E-state index is 0.0824. The van der Waals surface area contributed by atoms with E-state index in [4.69, 9.17) is 0 Å². The molecule has 0 aliphatic rings. The molecule has 0 amide bonds. The number of aromatic hydroxyl groups is 1. The van der Waals surface area contributed by atoms with Gasteiger partial charge in [0.25, 0.3) is 5.56 Å². The van der Waals surface area contributed by atoms with E-state index in [-0.39, 0.29) is 11.3 Å². The van der Waals surface area contributed by atoms with E-state index in [1.807, 2.05) is 25.1 Å². The van der Waals surface area contributed by atoms with E-state index in [1.165, 1.54) is 0 Å². The van der Waals surface area contributed by atoms with Gasteiger partial charge in [-0.2, -0.15) is 0 Å². The van der Waals surface area contributed by atoms with Crippen molar-refractivity contribution in [3.63, 3.8) is 0 Å². The standard InChI is InChI=1S/C16H15N3O2/c1-19(2)10-7-8-14(20)12(9-10)15-17-13-6-4-3-5-11(13)16(21)18-15/h3-9,20H,1-2H3,(H,17,18,21). The molecular weight excluding hydrogens is 266 g/mol. The molecule has 0 unspecified atom stereocenters. The molecule has 21 heavy (non-hydrogen) atoms. The first-order valence-electron chi connectivity index (χ1n) is 6.56. The summed E-state index contributed by atoms with van der Waals surface area (Å²) in [5.74, 6) is 0.443. The molecule has 2 N–H and O–H groups in total. The number of rotatable bonds is 2. The molecule has 0 aliphatic carbocycles. The Morgan fingerprint density at radius 2 is 1.90 bits per heavy atom. The number of para-hydroxylation sites is 1.